The molecule has 2 amide bonds. The van der Waals surface area contributed by atoms with Crippen molar-refractivity contribution in [3.05, 3.63) is 12.2 Å². The standard InChI is InChI=1S/C9H18N2O4Si/c1-7(2)8(12)15-5-4-10-9(13)11-6-16-14-3/h1,4-6,16H2,2-3H3,(H2,10,11,13). The van der Waals surface area contributed by atoms with E-state index in [4.69, 9.17) is 9.16 Å². The number of carbonyl (C=O) groups is 2. The number of nitrogens with one attached hydrogen (secondary N) is 2. The third-order valence-corrected chi connectivity index (χ3v) is 2.42. The summed E-state index contributed by atoms with van der Waals surface area (Å²) in [4.78, 5) is 22.0. The first-order valence-electron chi connectivity index (χ1n) is 4.91. The number of urea groups is 1. The fourth-order valence-corrected chi connectivity index (χ4v) is 1.29. The number of carbonyl (C=O) groups excluding carboxylic acids is 2. The van der Waals surface area contributed by atoms with Gasteiger partial charge in [-0.05, 0) is 6.92 Å². The largest absolute Gasteiger partial charge is 0.460 e. The van der Waals surface area contributed by atoms with E-state index < -0.39 is 15.7 Å². The number of hydrogen-bond donors (Lipinski definition) is 2. The predicted octanol–water partition coefficient (Wildman–Crippen LogP) is -0.907. The van der Waals surface area contributed by atoms with Gasteiger partial charge in [0.05, 0.1) is 6.54 Å². The van der Waals surface area contributed by atoms with Crippen molar-refractivity contribution in [3.63, 3.8) is 0 Å². The summed E-state index contributed by atoms with van der Waals surface area (Å²) in [6.45, 7) is 5.42. The lowest BCUT2D eigenvalue weighted by Crippen LogP contribution is -2.39. The van der Waals surface area contributed by atoms with Crippen molar-refractivity contribution >= 4 is 21.8 Å². The van der Waals surface area contributed by atoms with Crippen molar-refractivity contribution in [2.75, 3.05) is 26.4 Å². The highest BCUT2D eigenvalue weighted by Crippen LogP contribution is 1.90. The molecular formula is C9H18N2O4Si. The second-order valence-corrected chi connectivity index (χ2v) is 4.58. The van der Waals surface area contributed by atoms with Gasteiger partial charge in [-0.15, -0.1) is 0 Å². The van der Waals surface area contributed by atoms with E-state index in [2.05, 4.69) is 17.2 Å². The van der Waals surface area contributed by atoms with Gasteiger partial charge >= 0.3 is 12.0 Å². The minimum atomic E-state index is -0.642. The average Bonchev–Trinajstić information content (AvgIpc) is 2.24. The van der Waals surface area contributed by atoms with Gasteiger partial charge in [0.25, 0.3) is 0 Å². The molecule has 2 N–H and O–H groups in total. The summed E-state index contributed by atoms with van der Waals surface area (Å²) in [6.07, 6.45) is 0.577. The van der Waals surface area contributed by atoms with Crippen LogP contribution < -0.4 is 10.6 Å². The minimum absolute atomic E-state index is 0.140. The molecule has 0 fully saturated rings. The first-order chi connectivity index (χ1) is 7.57. The van der Waals surface area contributed by atoms with E-state index in [0.717, 1.165) is 0 Å². The molecule has 0 bridgehead atoms. The summed E-state index contributed by atoms with van der Waals surface area (Å²) in [5, 5.41) is 5.17. The molecule has 0 heterocycles. The van der Waals surface area contributed by atoms with Crippen molar-refractivity contribution in [2.24, 2.45) is 0 Å². The lowest BCUT2D eigenvalue weighted by Gasteiger charge is -2.07. The van der Waals surface area contributed by atoms with Crippen LogP contribution in [0.5, 0.6) is 0 Å². The van der Waals surface area contributed by atoms with Gasteiger partial charge in [-0.3, -0.25) is 0 Å². The van der Waals surface area contributed by atoms with Crippen LogP contribution in [0.2, 0.25) is 0 Å². The van der Waals surface area contributed by atoms with Crippen molar-refractivity contribution in [2.45, 2.75) is 6.92 Å². The Morgan fingerprint density at radius 1 is 1.38 bits per heavy atom. The molecule has 0 aromatic rings. The maximum absolute atomic E-state index is 11.1. The molecule has 92 valence electrons. The van der Waals surface area contributed by atoms with Crippen LogP contribution in [0.25, 0.3) is 0 Å². The number of amides is 2. The molecule has 6 nitrogen and oxygen atoms in total. The molecular weight excluding hydrogens is 228 g/mol. The van der Waals surface area contributed by atoms with Gasteiger partial charge in [0.1, 0.15) is 6.61 Å². The van der Waals surface area contributed by atoms with Crippen molar-refractivity contribution in [1.82, 2.24) is 10.6 Å². The Morgan fingerprint density at radius 2 is 2.06 bits per heavy atom. The topological polar surface area (TPSA) is 76.7 Å². The molecule has 0 spiro atoms. The monoisotopic (exact) mass is 246 g/mol. The van der Waals surface area contributed by atoms with E-state index in [9.17, 15) is 9.59 Å². The van der Waals surface area contributed by atoms with Gasteiger partial charge < -0.3 is 19.8 Å². The Bertz CT molecular complexity index is 258. The van der Waals surface area contributed by atoms with Crippen LogP contribution in [0.15, 0.2) is 12.2 Å². The third-order valence-electron chi connectivity index (χ3n) is 1.56. The van der Waals surface area contributed by atoms with Crippen molar-refractivity contribution in [1.29, 1.82) is 0 Å². The summed E-state index contributed by atoms with van der Waals surface area (Å²) < 4.78 is 9.68. The molecule has 0 atom stereocenters. The first-order valence-corrected chi connectivity index (χ1v) is 6.49. The van der Waals surface area contributed by atoms with Crippen LogP contribution in [0.4, 0.5) is 4.79 Å². The third kappa shape index (κ3) is 8.01. The maximum atomic E-state index is 11.1. The van der Waals surface area contributed by atoms with Crippen LogP contribution in [-0.2, 0) is 14.0 Å². The van der Waals surface area contributed by atoms with Crippen LogP contribution in [-0.4, -0.2) is 48.2 Å². The van der Waals surface area contributed by atoms with Gasteiger partial charge in [0, 0.05) is 18.9 Å². The second-order valence-electron chi connectivity index (χ2n) is 3.09. The van der Waals surface area contributed by atoms with E-state index in [1.807, 2.05) is 0 Å². The van der Waals surface area contributed by atoms with Crippen molar-refractivity contribution < 1.29 is 18.8 Å². The zero-order valence-corrected chi connectivity index (χ0v) is 11.1. The Morgan fingerprint density at radius 3 is 2.62 bits per heavy atom. The van der Waals surface area contributed by atoms with E-state index >= 15 is 0 Å². The minimum Gasteiger partial charge on any atom is -0.460 e. The summed E-state index contributed by atoms with van der Waals surface area (Å²) in [5.41, 5.74) is 0.343. The highest BCUT2D eigenvalue weighted by atomic mass is 28.2. The molecule has 16 heavy (non-hydrogen) atoms. The molecule has 0 unspecified atom stereocenters. The normalized spacial score (nSPS) is 10.1. The molecule has 0 aliphatic heterocycles. The lowest BCUT2D eigenvalue weighted by atomic mass is 10.4. The summed E-state index contributed by atoms with van der Waals surface area (Å²) >= 11 is 0. The highest BCUT2D eigenvalue weighted by molar-refractivity contribution is 6.27. The number of esters is 1. The summed E-state index contributed by atoms with van der Waals surface area (Å²) in [7, 11) is 0.972. The molecule has 0 aromatic carbocycles. The molecule has 0 saturated heterocycles. The first kappa shape index (κ1) is 14.7. The van der Waals surface area contributed by atoms with Crippen molar-refractivity contribution in [3.8, 4) is 0 Å². The Hall–Kier alpha value is -1.34. The number of hydrogen-bond acceptors (Lipinski definition) is 4. The smallest absolute Gasteiger partial charge is 0.333 e. The molecule has 0 aromatic heterocycles. The Balaban J connectivity index is 3.41. The van der Waals surface area contributed by atoms with Crippen LogP contribution in [0.1, 0.15) is 6.92 Å². The molecule has 0 saturated carbocycles. The second kappa shape index (κ2) is 8.92. The highest BCUT2D eigenvalue weighted by Gasteiger charge is 2.03. The van der Waals surface area contributed by atoms with E-state index in [1.54, 1.807) is 14.0 Å². The van der Waals surface area contributed by atoms with E-state index in [-0.39, 0.29) is 19.2 Å². The van der Waals surface area contributed by atoms with E-state index in [0.29, 0.717) is 11.7 Å². The fourth-order valence-electron chi connectivity index (χ4n) is 0.761. The molecule has 0 rings (SSSR count). The zero-order valence-electron chi connectivity index (χ0n) is 9.67. The molecule has 0 radical (unpaired) electrons. The van der Waals surface area contributed by atoms with E-state index in [1.165, 1.54) is 0 Å². The van der Waals surface area contributed by atoms with Gasteiger partial charge in [-0.25, -0.2) is 9.59 Å². The summed E-state index contributed by atoms with van der Waals surface area (Å²) in [6, 6.07) is -0.282. The number of rotatable bonds is 7. The average molecular weight is 246 g/mol. The van der Waals surface area contributed by atoms with Crippen LogP contribution >= 0.6 is 0 Å². The zero-order chi connectivity index (χ0) is 12.4. The van der Waals surface area contributed by atoms with Gasteiger partial charge in [-0.1, -0.05) is 6.58 Å². The van der Waals surface area contributed by atoms with Crippen LogP contribution in [0.3, 0.4) is 0 Å². The molecule has 0 aliphatic rings. The number of ether oxygens (including phenoxy) is 1. The molecule has 0 aliphatic carbocycles. The Kier molecular flexibility index (Phi) is 8.18. The van der Waals surface area contributed by atoms with Crippen LogP contribution in [0, 0.1) is 0 Å². The fraction of sp³-hybridized carbons (Fsp3) is 0.556. The maximum Gasteiger partial charge on any atom is 0.333 e. The van der Waals surface area contributed by atoms with Gasteiger partial charge in [0.2, 0.25) is 0 Å². The quantitative estimate of drug-likeness (QED) is 0.264. The summed E-state index contributed by atoms with van der Waals surface area (Å²) in [5.74, 6) is -0.450. The molecule has 7 heteroatoms. The Labute approximate surface area is 97.3 Å². The van der Waals surface area contributed by atoms with Gasteiger partial charge in [-0.2, -0.15) is 0 Å². The SMILES string of the molecule is C=C(C)C(=O)OCCNC(=O)NC[SiH2]OC. The lowest BCUT2D eigenvalue weighted by molar-refractivity contribution is -0.138. The predicted molar refractivity (Wildman–Crippen MR) is 62.7 cm³/mol. The van der Waals surface area contributed by atoms with Gasteiger partial charge in [0.15, 0.2) is 9.76 Å².